The molecule has 1 aromatic heterocycles. The van der Waals surface area contributed by atoms with E-state index in [0.29, 0.717) is 0 Å². The highest BCUT2D eigenvalue weighted by molar-refractivity contribution is 7.99. The summed E-state index contributed by atoms with van der Waals surface area (Å²) in [7, 11) is 2.00. The van der Waals surface area contributed by atoms with Gasteiger partial charge in [0.15, 0.2) is 0 Å². The molecule has 1 fully saturated rings. The highest BCUT2D eigenvalue weighted by atomic mass is 32.2. The molecule has 1 unspecified atom stereocenters. The Morgan fingerprint density at radius 2 is 2.53 bits per heavy atom. The van der Waals surface area contributed by atoms with Gasteiger partial charge in [0.1, 0.15) is 0 Å². The van der Waals surface area contributed by atoms with E-state index in [1.54, 1.807) is 0 Å². The zero-order valence-corrected chi connectivity index (χ0v) is 11.4. The van der Waals surface area contributed by atoms with E-state index >= 15 is 0 Å². The van der Waals surface area contributed by atoms with E-state index in [9.17, 15) is 0 Å². The average Bonchev–Trinajstić information content (AvgIpc) is 2.89. The molecule has 2 heterocycles. The standard InChI is InChI=1S/C12H21N3OS/c1-10-7-12(15(2)14-10)17-6-4-13-8-11-3-5-16-9-11/h7,11,13H,3-6,8-9H2,1-2H3. The Bertz CT molecular complexity index is 348. The minimum atomic E-state index is 0.721. The minimum absolute atomic E-state index is 0.721. The molecule has 96 valence electrons. The summed E-state index contributed by atoms with van der Waals surface area (Å²) in [6, 6.07) is 2.13. The van der Waals surface area contributed by atoms with Crippen LogP contribution in [-0.4, -0.2) is 41.8 Å². The van der Waals surface area contributed by atoms with Crippen LogP contribution in [0, 0.1) is 12.8 Å². The summed E-state index contributed by atoms with van der Waals surface area (Å²) in [5, 5.41) is 9.07. The van der Waals surface area contributed by atoms with E-state index in [-0.39, 0.29) is 0 Å². The summed E-state index contributed by atoms with van der Waals surface area (Å²) in [5.74, 6) is 1.81. The molecule has 1 N–H and O–H groups in total. The smallest absolute Gasteiger partial charge is 0.0939 e. The maximum atomic E-state index is 5.35. The first-order valence-electron chi connectivity index (χ1n) is 6.17. The lowest BCUT2D eigenvalue weighted by atomic mass is 10.1. The van der Waals surface area contributed by atoms with Crippen molar-refractivity contribution >= 4 is 11.8 Å². The molecule has 0 radical (unpaired) electrons. The second-order valence-electron chi connectivity index (χ2n) is 4.53. The van der Waals surface area contributed by atoms with Crippen LogP contribution >= 0.6 is 11.8 Å². The van der Waals surface area contributed by atoms with Crippen LogP contribution in [0.15, 0.2) is 11.1 Å². The van der Waals surface area contributed by atoms with Crippen LogP contribution in [0.3, 0.4) is 0 Å². The van der Waals surface area contributed by atoms with Crippen LogP contribution < -0.4 is 5.32 Å². The molecule has 1 aliphatic rings. The second-order valence-corrected chi connectivity index (χ2v) is 5.64. The van der Waals surface area contributed by atoms with Gasteiger partial charge in [-0.1, -0.05) is 0 Å². The third kappa shape index (κ3) is 4.01. The van der Waals surface area contributed by atoms with Gasteiger partial charge in [-0.15, -0.1) is 11.8 Å². The second kappa shape index (κ2) is 6.42. The zero-order valence-electron chi connectivity index (χ0n) is 10.6. The quantitative estimate of drug-likeness (QED) is 0.617. The maximum Gasteiger partial charge on any atom is 0.0939 e. The third-order valence-corrected chi connectivity index (χ3v) is 4.03. The van der Waals surface area contributed by atoms with Gasteiger partial charge in [-0.25, -0.2) is 0 Å². The molecule has 1 saturated heterocycles. The lowest BCUT2D eigenvalue weighted by molar-refractivity contribution is 0.185. The van der Waals surface area contributed by atoms with Gasteiger partial charge in [0.05, 0.1) is 17.3 Å². The summed E-state index contributed by atoms with van der Waals surface area (Å²) in [4.78, 5) is 0. The zero-order chi connectivity index (χ0) is 12.1. The van der Waals surface area contributed by atoms with E-state index < -0.39 is 0 Å². The van der Waals surface area contributed by atoms with Crippen molar-refractivity contribution in [1.82, 2.24) is 15.1 Å². The predicted molar refractivity (Wildman–Crippen MR) is 70.5 cm³/mol. The number of thioether (sulfide) groups is 1. The van der Waals surface area contributed by atoms with Crippen molar-refractivity contribution in [3.63, 3.8) is 0 Å². The van der Waals surface area contributed by atoms with Gasteiger partial charge >= 0.3 is 0 Å². The molecule has 0 aromatic carbocycles. The first kappa shape index (κ1) is 12.9. The minimum Gasteiger partial charge on any atom is -0.381 e. The van der Waals surface area contributed by atoms with E-state index in [1.165, 1.54) is 11.4 Å². The molecule has 1 atom stereocenters. The molecule has 0 saturated carbocycles. The Morgan fingerprint density at radius 1 is 1.65 bits per heavy atom. The first-order chi connectivity index (χ1) is 8.25. The van der Waals surface area contributed by atoms with Crippen molar-refractivity contribution in [3.8, 4) is 0 Å². The van der Waals surface area contributed by atoms with Crippen LogP contribution in [0.1, 0.15) is 12.1 Å². The summed E-state index contributed by atoms with van der Waals surface area (Å²) in [6.07, 6.45) is 1.21. The summed E-state index contributed by atoms with van der Waals surface area (Å²) in [6.45, 7) is 6.04. The summed E-state index contributed by atoms with van der Waals surface area (Å²) < 4.78 is 7.29. The Balaban J connectivity index is 1.58. The van der Waals surface area contributed by atoms with Crippen molar-refractivity contribution in [2.24, 2.45) is 13.0 Å². The van der Waals surface area contributed by atoms with Gasteiger partial charge in [-0.2, -0.15) is 5.10 Å². The SMILES string of the molecule is Cc1cc(SCCNCC2CCOC2)n(C)n1. The van der Waals surface area contributed by atoms with Crippen molar-refractivity contribution in [1.29, 1.82) is 0 Å². The first-order valence-corrected chi connectivity index (χ1v) is 7.16. The number of ether oxygens (including phenoxy) is 1. The monoisotopic (exact) mass is 255 g/mol. The van der Waals surface area contributed by atoms with Gasteiger partial charge in [0, 0.05) is 32.5 Å². The third-order valence-electron chi connectivity index (χ3n) is 2.94. The van der Waals surface area contributed by atoms with E-state index in [0.717, 1.165) is 43.7 Å². The summed E-state index contributed by atoms with van der Waals surface area (Å²) in [5.41, 5.74) is 1.09. The fourth-order valence-electron chi connectivity index (χ4n) is 2.00. The fourth-order valence-corrected chi connectivity index (χ4v) is 2.94. The molecule has 4 nitrogen and oxygen atoms in total. The maximum absolute atomic E-state index is 5.35. The van der Waals surface area contributed by atoms with Crippen molar-refractivity contribution in [3.05, 3.63) is 11.8 Å². The van der Waals surface area contributed by atoms with Gasteiger partial charge < -0.3 is 10.1 Å². The average molecular weight is 255 g/mol. The highest BCUT2D eigenvalue weighted by Gasteiger charge is 2.14. The van der Waals surface area contributed by atoms with Gasteiger partial charge in [-0.05, 0) is 25.3 Å². The normalized spacial score (nSPS) is 20.0. The van der Waals surface area contributed by atoms with Crippen LogP contribution in [0.4, 0.5) is 0 Å². The molecule has 0 amide bonds. The summed E-state index contributed by atoms with van der Waals surface area (Å²) >= 11 is 1.86. The van der Waals surface area contributed by atoms with E-state index in [4.69, 9.17) is 4.74 Å². The van der Waals surface area contributed by atoms with E-state index in [2.05, 4.69) is 16.5 Å². The Kier molecular flexibility index (Phi) is 4.88. The van der Waals surface area contributed by atoms with Crippen LogP contribution in [0.5, 0.6) is 0 Å². The topological polar surface area (TPSA) is 39.1 Å². The van der Waals surface area contributed by atoms with Gasteiger partial charge in [-0.3, -0.25) is 4.68 Å². The lowest BCUT2D eigenvalue weighted by Gasteiger charge is -2.08. The molecule has 17 heavy (non-hydrogen) atoms. The predicted octanol–water partition coefficient (Wildman–Crippen LogP) is 1.45. The molecular weight excluding hydrogens is 234 g/mol. The number of hydrogen-bond acceptors (Lipinski definition) is 4. The fraction of sp³-hybridized carbons (Fsp3) is 0.750. The van der Waals surface area contributed by atoms with Crippen LogP contribution in [0.25, 0.3) is 0 Å². The van der Waals surface area contributed by atoms with Crippen LogP contribution in [0.2, 0.25) is 0 Å². The number of nitrogens with zero attached hydrogens (tertiary/aromatic N) is 2. The van der Waals surface area contributed by atoms with Crippen molar-refractivity contribution < 1.29 is 4.74 Å². The van der Waals surface area contributed by atoms with Crippen molar-refractivity contribution in [2.75, 3.05) is 32.1 Å². The highest BCUT2D eigenvalue weighted by Crippen LogP contribution is 2.17. The Labute approximate surface area is 107 Å². The molecule has 5 heteroatoms. The van der Waals surface area contributed by atoms with Crippen LogP contribution in [-0.2, 0) is 11.8 Å². The molecular formula is C12H21N3OS. The molecule has 0 aliphatic carbocycles. The Morgan fingerprint density at radius 3 is 3.18 bits per heavy atom. The molecule has 2 rings (SSSR count). The molecule has 1 aliphatic heterocycles. The van der Waals surface area contributed by atoms with Gasteiger partial charge in [0.2, 0.25) is 0 Å². The van der Waals surface area contributed by atoms with E-state index in [1.807, 2.05) is 30.4 Å². The Hall–Kier alpha value is -0.520. The number of nitrogens with one attached hydrogen (secondary N) is 1. The molecule has 0 spiro atoms. The van der Waals surface area contributed by atoms with Crippen molar-refractivity contribution in [2.45, 2.75) is 18.4 Å². The largest absolute Gasteiger partial charge is 0.381 e. The number of hydrogen-bond donors (Lipinski definition) is 1. The van der Waals surface area contributed by atoms with Gasteiger partial charge in [0.25, 0.3) is 0 Å². The lowest BCUT2D eigenvalue weighted by Crippen LogP contribution is -2.25. The number of aryl methyl sites for hydroxylation is 2. The molecule has 1 aromatic rings. The number of aromatic nitrogens is 2. The molecule has 0 bridgehead atoms. The number of rotatable bonds is 6.